The molecular weight excluding hydrogens is 334 g/mol. The van der Waals surface area contributed by atoms with Crippen molar-refractivity contribution in [3.05, 3.63) is 89.6 Å². The summed E-state index contributed by atoms with van der Waals surface area (Å²) < 4.78 is 0. The van der Waals surface area contributed by atoms with E-state index in [9.17, 15) is 4.79 Å². The second-order valence-corrected chi connectivity index (χ2v) is 6.90. The van der Waals surface area contributed by atoms with Crippen LogP contribution in [0.1, 0.15) is 54.2 Å². The van der Waals surface area contributed by atoms with Crippen molar-refractivity contribution in [2.75, 3.05) is 10.6 Å². The average Bonchev–Trinajstić information content (AvgIpc) is 2.69. The number of nitrogens with zero attached hydrogens (tertiary/aromatic N) is 1. The van der Waals surface area contributed by atoms with Crippen LogP contribution in [0.2, 0.25) is 0 Å². The molecule has 4 heteroatoms. The Morgan fingerprint density at radius 1 is 0.926 bits per heavy atom. The van der Waals surface area contributed by atoms with Gasteiger partial charge in [-0.3, -0.25) is 4.79 Å². The Hall–Kier alpha value is -3.14. The summed E-state index contributed by atoms with van der Waals surface area (Å²) in [6.07, 6.45) is 1.66. The van der Waals surface area contributed by atoms with E-state index in [2.05, 4.69) is 48.5 Å². The van der Waals surface area contributed by atoms with Gasteiger partial charge in [-0.25, -0.2) is 4.98 Å². The van der Waals surface area contributed by atoms with Gasteiger partial charge in [0, 0.05) is 23.5 Å². The number of carbonyl (C=O) groups is 1. The summed E-state index contributed by atoms with van der Waals surface area (Å²) in [5.41, 5.74) is 3.71. The standard InChI is InChI=1S/C23H25N3O/c1-16(2)20-11-7-8-12-21(20)26-23(27)19-13-14-24-22(15-19)25-17(3)18-9-5-4-6-10-18/h4-17H,1-3H3,(H,24,25)(H,26,27). The first-order chi connectivity index (χ1) is 13.0. The molecule has 4 nitrogen and oxygen atoms in total. The van der Waals surface area contributed by atoms with E-state index in [1.54, 1.807) is 18.3 Å². The van der Waals surface area contributed by atoms with Crippen molar-refractivity contribution < 1.29 is 4.79 Å². The van der Waals surface area contributed by atoms with Gasteiger partial charge in [-0.2, -0.15) is 0 Å². The maximum absolute atomic E-state index is 12.7. The highest BCUT2D eigenvalue weighted by Gasteiger charge is 2.12. The number of nitrogens with one attached hydrogen (secondary N) is 2. The van der Waals surface area contributed by atoms with Gasteiger partial charge in [-0.1, -0.05) is 62.4 Å². The van der Waals surface area contributed by atoms with Crippen molar-refractivity contribution in [1.29, 1.82) is 0 Å². The highest BCUT2D eigenvalue weighted by Crippen LogP contribution is 2.24. The third-order valence-electron chi connectivity index (χ3n) is 4.52. The summed E-state index contributed by atoms with van der Waals surface area (Å²) in [5, 5.41) is 6.38. The average molecular weight is 359 g/mol. The Balaban J connectivity index is 1.74. The second-order valence-electron chi connectivity index (χ2n) is 6.90. The fourth-order valence-corrected chi connectivity index (χ4v) is 3.01. The van der Waals surface area contributed by atoms with Crippen LogP contribution in [0.3, 0.4) is 0 Å². The van der Waals surface area contributed by atoms with E-state index in [-0.39, 0.29) is 11.9 Å². The molecule has 0 fully saturated rings. The summed E-state index contributed by atoms with van der Waals surface area (Å²) in [6, 6.07) is 21.7. The lowest BCUT2D eigenvalue weighted by molar-refractivity contribution is 0.102. The molecule has 138 valence electrons. The number of hydrogen-bond acceptors (Lipinski definition) is 3. The number of amides is 1. The van der Waals surface area contributed by atoms with Crippen LogP contribution in [0.4, 0.5) is 11.5 Å². The van der Waals surface area contributed by atoms with Gasteiger partial charge in [0.2, 0.25) is 0 Å². The number of benzene rings is 2. The van der Waals surface area contributed by atoms with Gasteiger partial charge in [-0.05, 0) is 42.2 Å². The van der Waals surface area contributed by atoms with Crippen LogP contribution in [0.15, 0.2) is 72.9 Å². The molecular formula is C23H25N3O. The molecule has 27 heavy (non-hydrogen) atoms. The van der Waals surface area contributed by atoms with Gasteiger partial charge in [0.05, 0.1) is 0 Å². The molecule has 1 atom stereocenters. The normalized spacial score (nSPS) is 11.9. The van der Waals surface area contributed by atoms with Crippen molar-refractivity contribution in [2.45, 2.75) is 32.7 Å². The summed E-state index contributed by atoms with van der Waals surface area (Å²) in [4.78, 5) is 17.1. The molecule has 0 spiro atoms. The maximum Gasteiger partial charge on any atom is 0.255 e. The summed E-state index contributed by atoms with van der Waals surface area (Å²) in [6.45, 7) is 6.30. The molecule has 0 aliphatic heterocycles. The van der Waals surface area contributed by atoms with Gasteiger partial charge in [0.1, 0.15) is 5.82 Å². The van der Waals surface area contributed by atoms with Crippen molar-refractivity contribution >= 4 is 17.4 Å². The number of pyridine rings is 1. The largest absolute Gasteiger partial charge is 0.364 e. The summed E-state index contributed by atoms with van der Waals surface area (Å²) >= 11 is 0. The van der Waals surface area contributed by atoms with E-state index in [0.29, 0.717) is 17.3 Å². The van der Waals surface area contributed by atoms with Crippen molar-refractivity contribution in [3.63, 3.8) is 0 Å². The first-order valence-electron chi connectivity index (χ1n) is 9.22. The summed E-state index contributed by atoms with van der Waals surface area (Å²) in [7, 11) is 0. The Bertz CT molecular complexity index is 906. The van der Waals surface area contributed by atoms with Gasteiger partial charge in [0.25, 0.3) is 5.91 Å². The SMILES string of the molecule is CC(C)c1ccccc1NC(=O)c1ccnc(NC(C)c2ccccc2)c1. The minimum Gasteiger partial charge on any atom is -0.364 e. The number of anilines is 2. The van der Waals surface area contributed by atoms with E-state index in [4.69, 9.17) is 0 Å². The predicted molar refractivity (Wildman–Crippen MR) is 111 cm³/mol. The molecule has 0 bridgehead atoms. The first-order valence-corrected chi connectivity index (χ1v) is 9.22. The maximum atomic E-state index is 12.7. The fraction of sp³-hybridized carbons (Fsp3) is 0.217. The Kier molecular flexibility index (Phi) is 5.87. The number of para-hydroxylation sites is 1. The smallest absolute Gasteiger partial charge is 0.255 e. The Morgan fingerprint density at radius 2 is 1.63 bits per heavy atom. The molecule has 0 saturated carbocycles. The fourth-order valence-electron chi connectivity index (χ4n) is 3.01. The highest BCUT2D eigenvalue weighted by molar-refractivity contribution is 6.05. The molecule has 0 aliphatic rings. The molecule has 0 aliphatic carbocycles. The Labute approximate surface area is 160 Å². The number of rotatable bonds is 6. The molecule has 0 saturated heterocycles. The molecule has 3 aromatic rings. The molecule has 1 aromatic heterocycles. The number of carbonyl (C=O) groups excluding carboxylic acids is 1. The second kappa shape index (κ2) is 8.49. The lowest BCUT2D eigenvalue weighted by Gasteiger charge is -2.16. The quantitative estimate of drug-likeness (QED) is 0.600. The molecule has 0 radical (unpaired) electrons. The van der Waals surface area contributed by atoms with E-state index < -0.39 is 0 Å². The van der Waals surface area contributed by atoms with Gasteiger partial charge >= 0.3 is 0 Å². The monoisotopic (exact) mass is 359 g/mol. The van der Waals surface area contributed by atoms with Gasteiger partial charge in [0.15, 0.2) is 0 Å². The van der Waals surface area contributed by atoms with Crippen molar-refractivity contribution in [2.24, 2.45) is 0 Å². The lowest BCUT2D eigenvalue weighted by atomic mass is 10.0. The first kappa shape index (κ1) is 18.6. The van der Waals surface area contributed by atoms with Crippen LogP contribution in [0.25, 0.3) is 0 Å². The zero-order chi connectivity index (χ0) is 19.2. The molecule has 1 amide bonds. The minimum absolute atomic E-state index is 0.0960. The van der Waals surface area contributed by atoms with Gasteiger partial charge < -0.3 is 10.6 Å². The summed E-state index contributed by atoms with van der Waals surface area (Å²) in [5.74, 6) is 0.875. The van der Waals surface area contributed by atoms with Crippen LogP contribution in [0, 0.1) is 0 Å². The van der Waals surface area contributed by atoms with Crippen LogP contribution >= 0.6 is 0 Å². The Morgan fingerprint density at radius 3 is 2.37 bits per heavy atom. The molecule has 1 heterocycles. The molecule has 2 N–H and O–H groups in total. The molecule has 1 unspecified atom stereocenters. The topological polar surface area (TPSA) is 54.0 Å². The van der Waals surface area contributed by atoms with Crippen molar-refractivity contribution in [3.8, 4) is 0 Å². The number of aromatic nitrogens is 1. The number of hydrogen-bond donors (Lipinski definition) is 2. The van der Waals surface area contributed by atoms with Crippen LogP contribution < -0.4 is 10.6 Å². The lowest BCUT2D eigenvalue weighted by Crippen LogP contribution is -2.15. The zero-order valence-corrected chi connectivity index (χ0v) is 15.9. The third kappa shape index (κ3) is 4.73. The molecule has 2 aromatic carbocycles. The third-order valence-corrected chi connectivity index (χ3v) is 4.52. The zero-order valence-electron chi connectivity index (χ0n) is 15.9. The van der Waals surface area contributed by atoms with Crippen LogP contribution in [-0.4, -0.2) is 10.9 Å². The van der Waals surface area contributed by atoms with E-state index in [1.165, 1.54) is 5.56 Å². The van der Waals surface area contributed by atoms with E-state index >= 15 is 0 Å². The van der Waals surface area contributed by atoms with E-state index in [1.807, 2.05) is 42.5 Å². The minimum atomic E-state index is -0.138. The van der Waals surface area contributed by atoms with Crippen molar-refractivity contribution in [1.82, 2.24) is 4.98 Å². The molecule has 3 rings (SSSR count). The predicted octanol–water partition coefficient (Wildman–Crippen LogP) is 5.63. The van der Waals surface area contributed by atoms with Crippen LogP contribution in [-0.2, 0) is 0 Å². The van der Waals surface area contributed by atoms with Gasteiger partial charge in [-0.15, -0.1) is 0 Å². The highest BCUT2D eigenvalue weighted by atomic mass is 16.1. The van der Waals surface area contributed by atoms with E-state index in [0.717, 1.165) is 11.3 Å². The van der Waals surface area contributed by atoms with Crippen LogP contribution in [0.5, 0.6) is 0 Å².